The quantitative estimate of drug-likeness (QED) is 0.352. The summed E-state index contributed by atoms with van der Waals surface area (Å²) < 4.78 is 54.9. The lowest BCUT2D eigenvalue weighted by Gasteiger charge is -2.15. The maximum atomic E-state index is 15.4. The third kappa shape index (κ3) is 5.09. The molecule has 1 atom stereocenters. The van der Waals surface area contributed by atoms with Crippen LogP contribution in [0.2, 0.25) is 0 Å². The van der Waals surface area contributed by atoms with E-state index in [0.29, 0.717) is 16.8 Å². The minimum atomic E-state index is -4.47. The van der Waals surface area contributed by atoms with Crippen molar-refractivity contribution >= 4 is 17.5 Å². The minimum absolute atomic E-state index is 0.0187. The van der Waals surface area contributed by atoms with Crippen molar-refractivity contribution in [2.45, 2.75) is 25.6 Å². The molecule has 0 fully saturated rings. The second kappa shape index (κ2) is 9.34. The standard InChI is InChI=1S/C24H21F4N5O2/c1-13-2-7-17(15-9-11-33-19(12-15)31-23(29)32-33)21(25)20(13)22(35)30-10-8-18(34)14-3-5-16(6-4-14)24(26,27)28/h2-7,9,11-12,18,34H,8,10H2,1H3,(H2,29,32)(H,30,35)/t18-/m1/s1. The Kier molecular flexibility index (Phi) is 6.44. The number of aliphatic hydroxyl groups is 1. The van der Waals surface area contributed by atoms with Crippen molar-refractivity contribution in [1.82, 2.24) is 19.9 Å². The molecule has 2 heterocycles. The van der Waals surface area contributed by atoms with Crippen LogP contribution in [0.25, 0.3) is 16.8 Å². The molecule has 0 aliphatic carbocycles. The van der Waals surface area contributed by atoms with Crippen LogP contribution >= 0.6 is 0 Å². The Bertz CT molecular complexity index is 1380. The number of nitrogens with one attached hydrogen (secondary N) is 1. The number of halogens is 4. The number of pyridine rings is 1. The highest BCUT2D eigenvalue weighted by atomic mass is 19.4. The maximum absolute atomic E-state index is 15.4. The van der Waals surface area contributed by atoms with Gasteiger partial charge in [-0.15, -0.1) is 5.10 Å². The Morgan fingerprint density at radius 3 is 2.57 bits per heavy atom. The Morgan fingerprint density at radius 2 is 1.89 bits per heavy atom. The summed E-state index contributed by atoms with van der Waals surface area (Å²) in [7, 11) is 0. The van der Waals surface area contributed by atoms with Gasteiger partial charge in [-0.1, -0.05) is 24.3 Å². The first kappa shape index (κ1) is 24.1. The third-order valence-electron chi connectivity index (χ3n) is 5.57. The fourth-order valence-corrected chi connectivity index (χ4v) is 3.71. The van der Waals surface area contributed by atoms with Crippen LogP contribution < -0.4 is 11.1 Å². The number of aryl methyl sites for hydroxylation is 1. The molecule has 4 N–H and O–H groups in total. The number of fused-ring (bicyclic) bond motifs is 1. The zero-order valence-electron chi connectivity index (χ0n) is 18.5. The van der Waals surface area contributed by atoms with Gasteiger partial charge in [0.25, 0.3) is 5.91 Å². The van der Waals surface area contributed by atoms with Gasteiger partial charge in [-0.3, -0.25) is 4.79 Å². The summed E-state index contributed by atoms with van der Waals surface area (Å²) in [5.41, 5.74) is 6.41. The zero-order chi connectivity index (χ0) is 25.3. The number of aromatic nitrogens is 3. The van der Waals surface area contributed by atoms with Gasteiger partial charge in [0.15, 0.2) is 5.65 Å². The number of carbonyl (C=O) groups excluding carboxylic acids is 1. The summed E-state index contributed by atoms with van der Waals surface area (Å²) in [4.78, 5) is 16.8. The molecule has 0 saturated heterocycles. The van der Waals surface area contributed by atoms with Gasteiger partial charge in [0, 0.05) is 18.3 Å². The highest BCUT2D eigenvalue weighted by molar-refractivity contribution is 5.97. The van der Waals surface area contributed by atoms with Crippen molar-refractivity contribution in [2.75, 3.05) is 12.3 Å². The molecule has 2 aromatic carbocycles. The molecule has 0 saturated carbocycles. The summed E-state index contributed by atoms with van der Waals surface area (Å²) >= 11 is 0. The molecule has 0 radical (unpaired) electrons. The number of alkyl halides is 3. The number of nitrogens with zero attached hydrogens (tertiary/aromatic N) is 3. The number of nitrogens with two attached hydrogens (primary N) is 1. The van der Waals surface area contributed by atoms with Crippen molar-refractivity contribution < 1.29 is 27.5 Å². The highest BCUT2D eigenvalue weighted by Crippen LogP contribution is 2.31. The van der Waals surface area contributed by atoms with Crippen molar-refractivity contribution in [1.29, 1.82) is 0 Å². The molecule has 0 unspecified atom stereocenters. The number of amides is 1. The topological polar surface area (TPSA) is 106 Å². The summed E-state index contributed by atoms with van der Waals surface area (Å²) in [5, 5.41) is 16.8. The van der Waals surface area contributed by atoms with E-state index in [0.717, 1.165) is 12.1 Å². The van der Waals surface area contributed by atoms with Crippen LogP contribution in [0, 0.1) is 12.7 Å². The van der Waals surface area contributed by atoms with E-state index in [2.05, 4.69) is 15.4 Å². The van der Waals surface area contributed by atoms with Crippen molar-refractivity contribution in [3.8, 4) is 11.1 Å². The van der Waals surface area contributed by atoms with Crippen molar-refractivity contribution in [3.63, 3.8) is 0 Å². The van der Waals surface area contributed by atoms with Crippen LogP contribution in [-0.4, -0.2) is 32.2 Å². The molecular formula is C24H21F4N5O2. The van der Waals surface area contributed by atoms with E-state index in [9.17, 15) is 23.1 Å². The molecular weight excluding hydrogens is 466 g/mol. The molecule has 0 aliphatic heterocycles. The predicted octanol–water partition coefficient (Wildman–Crippen LogP) is 4.30. The first-order chi connectivity index (χ1) is 16.5. The van der Waals surface area contributed by atoms with Gasteiger partial charge < -0.3 is 16.2 Å². The fourth-order valence-electron chi connectivity index (χ4n) is 3.71. The zero-order valence-corrected chi connectivity index (χ0v) is 18.5. The Labute approximate surface area is 197 Å². The van der Waals surface area contributed by atoms with Crippen molar-refractivity contribution in [3.05, 3.63) is 82.8 Å². The number of rotatable bonds is 6. The van der Waals surface area contributed by atoms with Crippen LogP contribution in [0.1, 0.15) is 39.6 Å². The first-order valence-corrected chi connectivity index (χ1v) is 10.6. The monoisotopic (exact) mass is 487 g/mol. The summed E-state index contributed by atoms with van der Waals surface area (Å²) in [6.45, 7) is 1.58. The number of benzene rings is 2. The number of carbonyl (C=O) groups is 1. The maximum Gasteiger partial charge on any atom is 0.416 e. The van der Waals surface area contributed by atoms with Crippen LogP contribution in [0.15, 0.2) is 54.7 Å². The molecule has 4 rings (SSSR count). The molecule has 0 spiro atoms. The second-order valence-corrected chi connectivity index (χ2v) is 7.99. The lowest BCUT2D eigenvalue weighted by atomic mass is 9.98. The minimum Gasteiger partial charge on any atom is -0.388 e. The lowest BCUT2D eigenvalue weighted by Crippen LogP contribution is -2.27. The van der Waals surface area contributed by atoms with E-state index < -0.39 is 29.6 Å². The molecule has 0 bridgehead atoms. The van der Waals surface area contributed by atoms with E-state index in [-0.39, 0.29) is 35.6 Å². The van der Waals surface area contributed by atoms with E-state index in [1.807, 2.05) is 0 Å². The molecule has 1 amide bonds. The SMILES string of the molecule is Cc1ccc(-c2ccn3nc(N)nc3c2)c(F)c1C(=O)NCC[C@@H](O)c1ccc(C(F)(F)F)cc1. The average molecular weight is 487 g/mol. The van der Waals surface area contributed by atoms with E-state index in [4.69, 9.17) is 5.73 Å². The Balaban J connectivity index is 1.46. The number of hydrogen-bond acceptors (Lipinski definition) is 5. The third-order valence-corrected chi connectivity index (χ3v) is 5.57. The molecule has 2 aromatic heterocycles. The van der Waals surface area contributed by atoms with Crippen molar-refractivity contribution in [2.24, 2.45) is 0 Å². The average Bonchev–Trinajstić information content (AvgIpc) is 3.18. The molecule has 7 nitrogen and oxygen atoms in total. The van der Waals surface area contributed by atoms with E-state index in [1.165, 1.54) is 16.6 Å². The number of aliphatic hydroxyl groups excluding tert-OH is 1. The van der Waals surface area contributed by atoms with Gasteiger partial charge >= 0.3 is 6.18 Å². The number of nitrogen functional groups attached to an aromatic ring is 1. The van der Waals surface area contributed by atoms with Gasteiger partial charge in [0.05, 0.1) is 17.2 Å². The van der Waals surface area contributed by atoms with Gasteiger partial charge in [0.1, 0.15) is 5.82 Å². The van der Waals surface area contributed by atoms with Gasteiger partial charge in [-0.05, 0) is 54.3 Å². The van der Waals surface area contributed by atoms with Crippen LogP contribution in [-0.2, 0) is 6.18 Å². The summed E-state index contributed by atoms with van der Waals surface area (Å²) in [5.74, 6) is -1.32. The smallest absolute Gasteiger partial charge is 0.388 e. The van der Waals surface area contributed by atoms with Gasteiger partial charge in [-0.2, -0.15) is 18.2 Å². The predicted molar refractivity (Wildman–Crippen MR) is 121 cm³/mol. The normalized spacial score (nSPS) is 12.6. The fraction of sp³-hybridized carbons (Fsp3) is 0.208. The first-order valence-electron chi connectivity index (χ1n) is 10.6. The van der Waals surface area contributed by atoms with E-state index in [1.54, 1.807) is 37.4 Å². The Morgan fingerprint density at radius 1 is 1.17 bits per heavy atom. The molecule has 0 aliphatic rings. The van der Waals surface area contributed by atoms with Crippen LogP contribution in [0.5, 0.6) is 0 Å². The van der Waals surface area contributed by atoms with Gasteiger partial charge in [0.2, 0.25) is 5.95 Å². The number of hydrogen-bond donors (Lipinski definition) is 3. The van der Waals surface area contributed by atoms with Crippen LogP contribution in [0.4, 0.5) is 23.5 Å². The summed E-state index contributed by atoms with van der Waals surface area (Å²) in [6.07, 6.45) is -3.96. The Hall–Kier alpha value is -3.99. The van der Waals surface area contributed by atoms with Crippen LogP contribution in [0.3, 0.4) is 0 Å². The molecule has 4 aromatic rings. The molecule has 182 valence electrons. The van der Waals surface area contributed by atoms with E-state index >= 15 is 4.39 Å². The lowest BCUT2D eigenvalue weighted by molar-refractivity contribution is -0.137. The largest absolute Gasteiger partial charge is 0.416 e. The summed E-state index contributed by atoms with van der Waals surface area (Å²) in [6, 6.07) is 10.5. The number of anilines is 1. The highest BCUT2D eigenvalue weighted by Gasteiger charge is 2.30. The molecule has 11 heteroatoms. The second-order valence-electron chi connectivity index (χ2n) is 7.99. The molecule has 35 heavy (non-hydrogen) atoms. The van der Waals surface area contributed by atoms with Gasteiger partial charge in [-0.25, -0.2) is 8.91 Å².